The van der Waals surface area contributed by atoms with E-state index in [9.17, 15) is 9.18 Å². The third kappa shape index (κ3) is 4.30. The van der Waals surface area contributed by atoms with Crippen molar-refractivity contribution in [1.29, 1.82) is 0 Å². The Kier molecular flexibility index (Phi) is 6.08. The Bertz CT molecular complexity index is 418. The minimum absolute atomic E-state index is 0.0564. The molecule has 0 bridgehead atoms. The number of halogens is 1. The van der Waals surface area contributed by atoms with Gasteiger partial charge in [0.05, 0.1) is 0 Å². The second-order valence-corrected chi connectivity index (χ2v) is 3.85. The van der Waals surface area contributed by atoms with Gasteiger partial charge in [0, 0.05) is 31.3 Å². The van der Waals surface area contributed by atoms with Crippen LogP contribution in [0.1, 0.15) is 18.9 Å². The fourth-order valence-electron chi connectivity index (χ4n) is 1.56. The number of aliphatic hydroxyl groups excluding tert-OH is 1. The number of likely N-dealkylation sites (N-methyl/N-ethyl adjacent to an activating group) is 1. The molecule has 1 aromatic carbocycles. The van der Waals surface area contributed by atoms with E-state index in [4.69, 9.17) is 5.11 Å². The quantitative estimate of drug-likeness (QED) is 0.786. The van der Waals surface area contributed by atoms with Gasteiger partial charge in [0.2, 0.25) is 5.91 Å². The maximum absolute atomic E-state index is 13.3. The molecule has 18 heavy (non-hydrogen) atoms. The molecule has 0 radical (unpaired) electrons. The molecular weight excluding hydrogens is 233 g/mol. The van der Waals surface area contributed by atoms with Crippen molar-refractivity contribution in [3.63, 3.8) is 0 Å². The molecule has 0 heterocycles. The van der Waals surface area contributed by atoms with Crippen molar-refractivity contribution in [2.75, 3.05) is 19.7 Å². The van der Waals surface area contributed by atoms with Crippen LogP contribution in [0.25, 0.3) is 6.08 Å². The topological polar surface area (TPSA) is 40.5 Å². The lowest BCUT2D eigenvalue weighted by molar-refractivity contribution is -0.125. The largest absolute Gasteiger partial charge is 0.396 e. The summed E-state index contributed by atoms with van der Waals surface area (Å²) in [6, 6.07) is 6.29. The van der Waals surface area contributed by atoms with E-state index >= 15 is 0 Å². The van der Waals surface area contributed by atoms with Gasteiger partial charge in [-0.05, 0) is 25.5 Å². The first-order valence-corrected chi connectivity index (χ1v) is 6.01. The van der Waals surface area contributed by atoms with Crippen molar-refractivity contribution in [3.05, 3.63) is 41.7 Å². The molecule has 0 aliphatic heterocycles. The summed E-state index contributed by atoms with van der Waals surface area (Å²) in [6.45, 7) is 3.00. The number of hydrogen-bond donors (Lipinski definition) is 1. The zero-order chi connectivity index (χ0) is 13.4. The SMILES string of the molecule is CCN(CCCO)C(=O)/C=C/c1ccccc1F. The third-order valence-corrected chi connectivity index (χ3v) is 2.59. The fraction of sp³-hybridized carbons (Fsp3) is 0.357. The molecule has 0 unspecified atom stereocenters. The number of amides is 1. The van der Waals surface area contributed by atoms with E-state index in [0.717, 1.165) is 0 Å². The Labute approximate surface area is 107 Å². The molecule has 0 atom stereocenters. The van der Waals surface area contributed by atoms with Gasteiger partial charge in [-0.15, -0.1) is 0 Å². The monoisotopic (exact) mass is 251 g/mol. The van der Waals surface area contributed by atoms with Gasteiger partial charge >= 0.3 is 0 Å². The molecule has 0 fully saturated rings. The Balaban J connectivity index is 2.65. The average Bonchev–Trinajstić information content (AvgIpc) is 2.38. The van der Waals surface area contributed by atoms with Crippen LogP contribution in [-0.4, -0.2) is 35.6 Å². The van der Waals surface area contributed by atoms with E-state index in [-0.39, 0.29) is 18.3 Å². The Hall–Kier alpha value is -1.68. The van der Waals surface area contributed by atoms with E-state index in [1.165, 1.54) is 18.2 Å². The molecule has 0 aromatic heterocycles. The van der Waals surface area contributed by atoms with Crippen molar-refractivity contribution >= 4 is 12.0 Å². The van der Waals surface area contributed by atoms with Crippen molar-refractivity contribution in [2.45, 2.75) is 13.3 Å². The lowest BCUT2D eigenvalue weighted by Crippen LogP contribution is -2.30. The summed E-state index contributed by atoms with van der Waals surface area (Å²) in [6.07, 6.45) is 3.38. The summed E-state index contributed by atoms with van der Waals surface area (Å²) in [7, 11) is 0. The zero-order valence-electron chi connectivity index (χ0n) is 10.5. The number of rotatable bonds is 6. The molecule has 1 amide bonds. The molecule has 0 aliphatic carbocycles. The summed E-state index contributed by atoms with van der Waals surface area (Å²) >= 11 is 0. The zero-order valence-corrected chi connectivity index (χ0v) is 10.5. The Morgan fingerprint density at radius 1 is 1.44 bits per heavy atom. The maximum atomic E-state index is 13.3. The first-order chi connectivity index (χ1) is 8.69. The molecule has 98 valence electrons. The molecule has 1 N–H and O–H groups in total. The highest BCUT2D eigenvalue weighted by Crippen LogP contribution is 2.08. The van der Waals surface area contributed by atoms with Crippen LogP contribution in [0, 0.1) is 5.82 Å². The third-order valence-electron chi connectivity index (χ3n) is 2.59. The molecule has 4 heteroatoms. The Morgan fingerprint density at radius 2 is 2.17 bits per heavy atom. The van der Waals surface area contributed by atoms with Crippen LogP contribution in [-0.2, 0) is 4.79 Å². The predicted molar refractivity (Wildman–Crippen MR) is 69.4 cm³/mol. The number of carbonyl (C=O) groups is 1. The fourth-order valence-corrected chi connectivity index (χ4v) is 1.56. The number of nitrogens with zero attached hydrogens (tertiary/aromatic N) is 1. The Morgan fingerprint density at radius 3 is 2.78 bits per heavy atom. The number of aliphatic hydroxyl groups is 1. The minimum Gasteiger partial charge on any atom is -0.396 e. The molecule has 1 aromatic rings. The second-order valence-electron chi connectivity index (χ2n) is 3.85. The van der Waals surface area contributed by atoms with Crippen LogP contribution in [0.5, 0.6) is 0 Å². The molecule has 1 rings (SSSR count). The van der Waals surface area contributed by atoms with Gasteiger partial charge in [-0.25, -0.2) is 4.39 Å². The summed E-state index contributed by atoms with van der Waals surface area (Å²) in [5, 5.41) is 8.73. The first kappa shape index (κ1) is 14.4. The molecule has 3 nitrogen and oxygen atoms in total. The number of hydrogen-bond acceptors (Lipinski definition) is 2. The van der Waals surface area contributed by atoms with E-state index < -0.39 is 0 Å². The van der Waals surface area contributed by atoms with Crippen LogP contribution >= 0.6 is 0 Å². The maximum Gasteiger partial charge on any atom is 0.246 e. The van der Waals surface area contributed by atoms with Crippen molar-refractivity contribution in [1.82, 2.24) is 4.90 Å². The molecule has 0 aliphatic rings. The lowest BCUT2D eigenvalue weighted by Gasteiger charge is -2.18. The highest BCUT2D eigenvalue weighted by molar-refractivity contribution is 5.91. The van der Waals surface area contributed by atoms with Gasteiger partial charge in [0.25, 0.3) is 0 Å². The van der Waals surface area contributed by atoms with E-state index in [1.807, 2.05) is 6.92 Å². The smallest absolute Gasteiger partial charge is 0.246 e. The van der Waals surface area contributed by atoms with Crippen LogP contribution in [0.15, 0.2) is 30.3 Å². The van der Waals surface area contributed by atoms with Crippen LogP contribution < -0.4 is 0 Å². The molecule has 0 saturated carbocycles. The standard InChI is InChI=1S/C14H18FNO2/c1-2-16(10-5-11-17)14(18)9-8-12-6-3-4-7-13(12)15/h3-4,6-9,17H,2,5,10-11H2,1H3/b9-8+. The molecular formula is C14H18FNO2. The molecule has 0 saturated heterocycles. The van der Waals surface area contributed by atoms with Gasteiger partial charge in [0.1, 0.15) is 5.82 Å². The van der Waals surface area contributed by atoms with Crippen LogP contribution in [0.3, 0.4) is 0 Å². The summed E-state index contributed by atoms with van der Waals surface area (Å²) in [5.74, 6) is -0.519. The number of carbonyl (C=O) groups excluding carboxylic acids is 1. The minimum atomic E-state index is -0.347. The van der Waals surface area contributed by atoms with Crippen molar-refractivity contribution < 1.29 is 14.3 Å². The van der Waals surface area contributed by atoms with Crippen LogP contribution in [0.2, 0.25) is 0 Å². The van der Waals surface area contributed by atoms with Gasteiger partial charge in [-0.1, -0.05) is 18.2 Å². The summed E-state index contributed by atoms with van der Waals surface area (Å²) < 4.78 is 13.3. The van der Waals surface area contributed by atoms with Gasteiger partial charge < -0.3 is 10.0 Å². The summed E-state index contributed by atoms with van der Waals surface area (Å²) in [4.78, 5) is 13.4. The highest BCUT2D eigenvalue weighted by Gasteiger charge is 2.07. The van der Waals surface area contributed by atoms with Crippen LogP contribution in [0.4, 0.5) is 4.39 Å². The average molecular weight is 251 g/mol. The summed E-state index contributed by atoms with van der Waals surface area (Å²) in [5.41, 5.74) is 0.393. The van der Waals surface area contributed by atoms with Gasteiger partial charge in [-0.2, -0.15) is 0 Å². The van der Waals surface area contributed by atoms with Crippen molar-refractivity contribution in [3.8, 4) is 0 Å². The number of benzene rings is 1. The van der Waals surface area contributed by atoms with E-state index in [0.29, 0.717) is 25.1 Å². The first-order valence-electron chi connectivity index (χ1n) is 6.01. The van der Waals surface area contributed by atoms with Gasteiger partial charge in [0.15, 0.2) is 0 Å². The van der Waals surface area contributed by atoms with Gasteiger partial charge in [-0.3, -0.25) is 4.79 Å². The van der Waals surface area contributed by atoms with E-state index in [1.54, 1.807) is 23.1 Å². The highest BCUT2D eigenvalue weighted by atomic mass is 19.1. The normalized spacial score (nSPS) is 10.8. The van der Waals surface area contributed by atoms with Crippen molar-refractivity contribution in [2.24, 2.45) is 0 Å². The molecule has 0 spiro atoms. The lowest BCUT2D eigenvalue weighted by atomic mass is 10.2. The predicted octanol–water partition coefficient (Wildman–Crippen LogP) is 2.07. The van der Waals surface area contributed by atoms with E-state index in [2.05, 4.69) is 0 Å². The second kappa shape index (κ2) is 7.61.